The van der Waals surface area contributed by atoms with Gasteiger partial charge in [0, 0.05) is 23.6 Å². The number of nitrogens with one attached hydrogen (secondary N) is 2. The van der Waals surface area contributed by atoms with Crippen LogP contribution < -0.4 is 10.6 Å². The predicted octanol–water partition coefficient (Wildman–Crippen LogP) is 2.55. The van der Waals surface area contributed by atoms with Gasteiger partial charge >= 0.3 is 6.03 Å². The van der Waals surface area contributed by atoms with Gasteiger partial charge in [-0.1, -0.05) is 18.3 Å². The van der Waals surface area contributed by atoms with E-state index in [9.17, 15) is 4.79 Å². The van der Waals surface area contributed by atoms with Gasteiger partial charge in [0.25, 0.3) is 0 Å². The Morgan fingerprint density at radius 3 is 3.00 bits per heavy atom. The van der Waals surface area contributed by atoms with Crippen molar-refractivity contribution in [1.29, 1.82) is 0 Å². The number of carbonyl (C=O) groups is 1. The first kappa shape index (κ1) is 14.9. The number of carbonyl (C=O) groups excluding carboxylic acids is 1. The second kappa shape index (κ2) is 7.32. The van der Waals surface area contributed by atoms with Gasteiger partial charge in [-0.15, -0.1) is 10.2 Å². The molecule has 0 saturated heterocycles. The molecule has 1 unspecified atom stereocenters. The largest absolute Gasteiger partial charge is 0.396 e. The van der Waals surface area contributed by atoms with Crippen LogP contribution in [0.5, 0.6) is 0 Å². The second-order valence-electron chi connectivity index (χ2n) is 4.14. The summed E-state index contributed by atoms with van der Waals surface area (Å²) in [5.74, 6) is 0. The van der Waals surface area contributed by atoms with Crippen LogP contribution in [0, 0.1) is 0 Å². The van der Waals surface area contributed by atoms with Gasteiger partial charge in [-0.3, -0.25) is 5.32 Å². The highest BCUT2D eigenvalue weighted by atomic mass is 32.1. The van der Waals surface area contributed by atoms with Gasteiger partial charge in [-0.05, 0) is 24.3 Å². The Hall–Kier alpha value is -1.51. The van der Waals surface area contributed by atoms with Crippen LogP contribution in [0.1, 0.15) is 19.8 Å². The minimum absolute atomic E-state index is 0.0377. The fourth-order valence-corrected chi connectivity index (χ4v) is 3.08. The summed E-state index contributed by atoms with van der Waals surface area (Å²) in [5.41, 5.74) is 1.01. The molecule has 8 heteroatoms. The molecule has 2 amide bonds. The first-order valence-electron chi connectivity index (χ1n) is 6.27. The van der Waals surface area contributed by atoms with Gasteiger partial charge in [0.15, 0.2) is 0 Å². The van der Waals surface area contributed by atoms with Gasteiger partial charge < -0.3 is 10.4 Å². The number of hydrogen-bond acceptors (Lipinski definition) is 6. The smallest absolute Gasteiger partial charge is 0.321 e. The zero-order valence-electron chi connectivity index (χ0n) is 11.0. The topological polar surface area (TPSA) is 87.1 Å². The number of hydrogen-bond donors (Lipinski definition) is 3. The molecule has 3 N–H and O–H groups in total. The molecule has 0 aliphatic heterocycles. The van der Waals surface area contributed by atoms with Crippen LogP contribution in [0.4, 0.5) is 9.93 Å². The molecule has 20 heavy (non-hydrogen) atoms. The van der Waals surface area contributed by atoms with Crippen molar-refractivity contribution in [2.45, 2.75) is 25.8 Å². The molecule has 0 aromatic carbocycles. The first-order chi connectivity index (χ1) is 9.72. The SMILES string of the molecule is CCC(CCO)NC(=O)Nc1nnc(-c2ccsc2)s1. The minimum Gasteiger partial charge on any atom is -0.396 e. The van der Waals surface area contributed by atoms with E-state index in [2.05, 4.69) is 20.8 Å². The van der Waals surface area contributed by atoms with Gasteiger partial charge in [-0.2, -0.15) is 11.3 Å². The highest BCUT2D eigenvalue weighted by molar-refractivity contribution is 7.19. The van der Waals surface area contributed by atoms with E-state index in [4.69, 9.17) is 5.11 Å². The van der Waals surface area contributed by atoms with E-state index in [0.29, 0.717) is 11.6 Å². The van der Waals surface area contributed by atoms with Crippen molar-refractivity contribution in [3.05, 3.63) is 16.8 Å². The number of aliphatic hydroxyl groups is 1. The molecule has 0 fully saturated rings. The molecular formula is C12H16N4O2S2. The van der Waals surface area contributed by atoms with Crippen LogP contribution in [0.2, 0.25) is 0 Å². The Morgan fingerprint density at radius 1 is 1.50 bits per heavy atom. The molecule has 108 valence electrons. The number of thiophene rings is 1. The van der Waals surface area contributed by atoms with Crippen molar-refractivity contribution in [2.24, 2.45) is 0 Å². The summed E-state index contributed by atoms with van der Waals surface area (Å²) in [6.07, 6.45) is 1.31. The maximum atomic E-state index is 11.8. The maximum Gasteiger partial charge on any atom is 0.321 e. The number of rotatable bonds is 6. The van der Waals surface area contributed by atoms with Crippen LogP contribution >= 0.6 is 22.7 Å². The molecule has 2 rings (SSSR count). The molecule has 1 atom stereocenters. The zero-order chi connectivity index (χ0) is 14.4. The van der Waals surface area contributed by atoms with Crippen molar-refractivity contribution in [3.63, 3.8) is 0 Å². The fraction of sp³-hybridized carbons (Fsp3) is 0.417. The van der Waals surface area contributed by atoms with Crippen LogP contribution in [0.25, 0.3) is 10.6 Å². The quantitative estimate of drug-likeness (QED) is 0.765. The van der Waals surface area contributed by atoms with E-state index in [1.807, 2.05) is 23.8 Å². The Balaban J connectivity index is 1.91. The summed E-state index contributed by atoms with van der Waals surface area (Å²) in [6.45, 7) is 2.01. The highest BCUT2D eigenvalue weighted by Crippen LogP contribution is 2.27. The van der Waals surface area contributed by atoms with Gasteiger partial charge in [0.1, 0.15) is 5.01 Å². The molecule has 0 spiro atoms. The minimum atomic E-state index is -0.321. The Morgan fingerprint density at radius 2 is 2.35 bits per heavy atom. The lowest BCUT2D eigenvalue weighted by Gasteiger charge is -2.15. The Kier molecular flexibility index (Phi) is 5.45. The van der Waals surface area contributed by atoms with Crippen molar-refractivity contribution in [2.75, 3.05) is 11.9 Å². The third-order valence-corrected chi connectivity index (χ3v) is 4.29. The lowest BCUT2D eigenvalue weighted by atomic mass is 10.2. The van der Waals surface area contributed by atoms with E-state index < -0.39 is 0 Å². The molecular weight excluding hydrogens is 296 g/mol. The van der Waals surface area contributed by atoms with E-state index in [1.165, 1.54) is 11.3 Å². The van der Waals surface area contributed by atoms with Crippen molar-refractivity contribution >= 4 is 33.8 Å². The molecule has 0 saturated carbocycles. The Labute approximate surface area is 124 Å². The third-order valence-electron chi connectivity index (χ3n) is 2.72. The van der Waals surface area contributed by atoms with Gasteiger partial charge in [0.05, 0.1) is 0 Å². The number of urea groups is 1. The van der Waals surface area contributed by atoms with E-state index in [1.54, 1.807) is 11.3 Å². The average molecular weight is 312 g/mol. The van der Waals surface area contributed by atoms with Crippen LogP contribution in [-0.2, 0) is 0 Å². The Bertz CT molecular complexity index is 541. The monoisotopic (exact) mass is 312 g/mol. The molecule has 0 bridgehead atoms. The summed E-state index contributed by atoms with van der Waals surface area (Å²) in [7, 11) is 0. The van der Waals surface area contributed by atoms with E-state index in [-0.39, 0.29) is 18.7 Å². The first-order valence-corrected chi connectivity index (χ1v) is 8.03. The summed E-state index contributed by atoms with van der Waals surface area (Å²) in [5, 5.41) is 27.5. The van der Waals surface area contributed by atoms with Crippen molar-refractivity contribution in [3.8, 4) is 10.6 Å². The number of amides is 2. The highest BCUT2D eigenvalue weighted by Gasteiger charge is 2.13. The number of nitrogens with zero attached hydrogens (tertiary/aromatic N) is 2. The zero-order valence-corrected chi connectivity index (χ0v) is 12.6. The molecule has 0 aliphatic carbocycles. The summed E-state index contributed by atoms with van der Waals surface area (Å²) >= 11 is 2.92. The summed E-state index contributed by atoms with van der Waals surface area (Å²) in [4.78, 5) is 11.8. The number of anilines is 1. The summed E-state index contributed by atoms with van der Waals surface area (Å²) < 4.78 is 0. The predicted molar refractivity (Wildman–Crippen MR) is 81.2 cm³/mol. The third kappa shape index (κ3) is 3.99. The van der Waals surface area contributed by atoms with Crippen molar-refractivity contribution in [1.82, 2.24) is 15.5 Å². The molecule has 0 radical (unpaired) electrons. The van der Waals surface area contributed by atoms with E-state index >= 15 is 0 Å². The molecule has 6 nitrogen and oxygen atoms in total. The second-order valence-corrected chi connectivity index (χ2v) is 5.90. The van der Waals surface area contributed by atoms with Gasteiger partial charge in [0.2, 0.25) is 5.13 Å². The number of aromatic nitrogens is 2. The fourth-order valence-electron chi connectivity index (χ4n) is 1.63. The lowest BCUT2D eigenvalue weighted by Crippen LogP contribution is -2.38. The maximum absolute atomic E-state index is 11.8. The molecule has 2 aromatic heterocycles. The average Bonchev–Trinajstić information content (AvgIpc) is 3.08. The normalized spacial score (nSPS) is 12.1. The molecule has 2 aromatic rings. The van der Waals surface area contributed by atoms with Gasteiger partial charge in [-0.25, -0.2) is 4.79 Å². The van der Waals surface area contributed by atoms with E-state index in [0.717, 1.165) is 17.0 Å². The lowest BCUT2D eigenvalue weighted by molar-refractivity contribution is 0.237. The van der Waals surface area contributed by atoms with Crippen molar-refractivity contribution < 1.29 is 9.90 Å². The number of aliphatic hydroxyl groups excluding tert-OH is 1. The molecule has 2 heterocycles. The van der Waals surface area contributed by atoms with Crippen LogP contribution in [-0.4, -0.2) is 34.0 Å². The summed E-state index contributed by atoms with van der Waals surface area (Å²) in [6, 6.07) is 1.60. The molecule has 0 aliphatic rings. The van der Waals surface area contributed by atoms with Crippen LogP contribution in [0.3, 0.4) is 0 Å². The standard InChI is InChI=1S/C12H16N4O2S2/c1-2-9(3-5-17)13-11(18)14-12-16-15-10(20-12)8-4-6-19-7-8/h4,6-7,9,17H,2-3,5H2,1H3,(H2,13,14,16,18). The van der Waals surface area contributed by atoms with Crippen LogP contribution in [0.15, 0.2) is 16.8 Å².